The molecule has 0 aliphatic carbocycles. The molecule has 2 aromatic rings. The molecule has 0 aromatic carbocycles. The highest BCUT2D eigenvalue weighted by molar-refractivity contribution is 7.08. The minimum atomic E-state index is -0.559. The number of nitrogens with zero attached hydrogens (tertiary/aromatic N) is 2. The number of thiophene rings is 1. The fourth-order valence-electron chi connectivity index (χ4n) is 2.52. The van der Waals surface area contributed by atoms with Crippen LogP contribution in [-0.4, -0.2) is 60.4 Å². The number of carbonyl (C=O) groups excluding carboxylic acids is 3. The third-order valence-electron chi connectivity index (χ3n) is 3.94. The van der Waals surface area contributed by atoms with Gasteiger partial charge in [-0.05, 0) is 40.6 Å². The normalized spacial score (nSPS) is 14.6. The highest BCUT2D eigenvalue weighted by Gasteiger charge is 2.26. The van der Waals surface area contributed by atoms with Gasteiger partial charge in [-0.3, -0.25) is 9.59 Å². The summed E-state index contributed by atoms with van der Waals surface area (Å²) in [6.07, 6.45) is 4.39. The molecule has 136 valence electrons. The summed E-state index contributed by atoms with van der Waals surface area (Å²) in [5, 5.41) is 3.81. The highest BCUT2D eigenvalue weighted by atomic mass is 32.1. The third-order valence-corrected chi connectivity index (χ3v) is 4.65. The summed E-state index contributed by atoms with van der Waals surface area (Å²) in [7, 11) is 0. The molecule has 0 unspecified atom stereocenters. The predicted molar refractivity (Wildman–Crippen MR) is 95.5 cm³/mol. The molecule has 0 bridgehead atoms. The van der Waals surface area contributed by atoms with Crippen LogP contribution in [0.4, 0.5) is 0 Å². The number of piperazine rings is 1. The Bertz CT molecular complexity index is 775. The fourth-order valence-corrected chi connectivity index (χ4v) is 3.15. The SMILES string of the molecule is O=C(/C=C/c1ccsc1)OCC(=O)N1CCN(C(=O)c2ccco2)CC1. The van der Waals surface area contributed by atoms with E-state index >= 15 is 0 Å². The van der Waals surface area contributed by atoms with Crippen LogP contribution in [0.25, 0.3) is 6.08 Å². The lowest BCUT2D eigenvalue weighted by atomic mass is 10.3. The van der Waals surface area contributed by atoms with E-state index in [4.69, 9.17) is 9.15 Å². The van der Waals surface area contributed by atoms with E-state index in [0.717, 1.165) is 5.56 Å². The standard InChI is InChI=1S/C18H18N2O5S/c21-16(12-25-17(22)4-3-14-5-11-26-13-14)19-6-8-20(9-7-19)18(23)15-2-1-10-24-15/h1-5,10-11,13H,6-9,12H2/b4-3+. The number of esters is 1. The Kier molecular flexibility index (Phi) is 5.85. The first-order chi connectivity index (χ1) is 12.6. The quantitative estimate of drug-likeness (QED) is 0.590. The molecule has 1 fully saturated rings. The molecule has 3 heterocycles. The maximum Gasteiger partial charge on any atom is 0.331 e. The van der Waals surface area contributed by atoms with Crippen LogP contribution in [0, 0.1) is 0 Å². The van der Waals surface area contributed by atoms with E-state index in [2.05, 4.69) is 0 Å². The monoisotopic (exact) mass is 374 g/mol. The number of ether oxygens (including phenoxy) is 1. The van der Waals surface area contributed by atoms with Crippen molar-refractivity contribution in [2.24, 2.45) is 0 Å². The molecule has 0 saturated carbocycles. The first kappa shape index (κ1) is 17.9. The van der Waals surface area contributed by atoms with Crippen molar-refractivity contribution in [2.75, 3.05) is 32.8 Å². The number of furan rings is 1. The number of hydrogen-bond acceptors (Lipinski definition) is 6. The molecule has 0 spiro atoms. The van der Waals surface area contributed by atoms with Crippen molar-refractivity contribution in [2.45, 2.75) is 0 Å². The molecule has 2 aromatic heterocycles. The lowest BCUT2D eigenvalue weighted by Crippen LogP contribution is -2.51. The topological polar surface area (TPSA) is 80.1 Å². The van der Waals surface area contributed by atoms with Gasteiger partial charge in [-0.1, -0.05) is 0 Å². The minimum absolute atomic E-state index is 0.188. The Labute approximate surface area is 154 Å². The van der Waals surface area contributed by atoms with E-state index in [9.17, 15) is 14.4 Å². The van der Waals surface area contributed by atoms with E-state index in [0.29, 0.717) is 26.2 Å². The zero-order valence-electron chi connectivity index (χ0n) is 14.0. The summed E-state index contributed by atoms with van der Waals surface area (Å²) in [4.78, 5) is 39.2. The van der Waals surface area contributed by atoms with Crippen molar-refractivity contribution in [1.29, 1.82) is 0 Å². The van der Waals surface area contributed by atoms with Gasteiger partial charge < -0.3 is 19.0 Å². The van der Waals surface area contributed by atoms with Crippen molar-refractivity contribution >= 4 is 35.2 Å². The van der Waals surface area contributed by atoms with Gasteiger partial charge in [0, 0.05) is 32.3 Å². The lowest BCUT2D eigenvalue weighted by molar-refractivity contribution is -0.148. The molecular formula is C18H18N2O5S. The third kappa shape index (κ3) is 4.60. The van der Waals surface area contributed by atoms with Crippen LogP contribution < -0.4 is 0 Å². The van der Waals surface area contributed by atoms with E-state index in [1.54, 1.807) is 28.0 Å². The van der Waals surface area contributed by atoms with Crippen LogP contribution in [0.5, 0.6) is 0 Å². The van der Waals surface area contributed by atoms with Crippen molar-refractivity contribution in [3.8, 4) is 0 Å². The molecule has 8 heteroatoms. The molecule has 0 N–H and O–H groups in total. The Morgan fingerprint density at radius 2 is 1.92 bits per heavy atom. The van der Waals surface area contributed by atoms with Gasteiger partial charge in [0.1, 0.15) is 0 Å². The summed E-state index contributed by atoms with van der Waals surface area (Å²) in [6.45, 7) is 1.31. The summed E-state index contributed by atoms with van der Waals surface area (Å²) in [6, 6.07) is 5.15. The Morgan fingerprint density at radius 1 is 1.15 bits per heavy atom. The van der Waals surface area contributed by atoms with E-state index in [-0.39, 0.29) is 24.2 Å². The molecular weight excluding hydrogens is 356 g/mol. The first-order valence-electron chi connectivity index (χ1n) is 8.11. The fraction of sp³-hybridized carbons (Fsp3) is 0.278. The molecule has 26 heavy (non-hydrogen) atoms. The summed E-state index contributed by atoms with van der Waals surface area (Å²) in [5.41, 5.74) is 0.913. The summed E-state index contributed by atoms with van der Waals surface area (Å²) in [5.74, 6) is -0.730. The molecule has 0 atom stereocenters. The second-order valence-corrected chi connectivity index (χ2v) is 6.43. The minimum Gasteiger partial charge on any atom is -0.459 e. The van der Waals surface area contributed by atoms with Crippen LogP contribution in [0.1, 0.15) is 16.1 Å². The van der Waals surface area contributed by atoms with Gasteiger partial charge in [0.05, 0.1) is 6.26 Å². The smallest absolute Gasteiger partial charge is 0.331 e. The Balaban J connectivity index is 1.41. The molecule has 0 radical (unpaired) electrons. The number of carbonyl (C=O) groups is 3. The van der Waals surface area contributed by atoms with Crippen LogP contribution in [-0.2, 0) is 14.3 Å². The van der Waals surface area contributed by atoms with Crippen molar-refractivity contribution in [3.05, 3.63) is 52.6 Å². The van der Waals surface area contributed by atoms with Crippen molar-refractivity contribution in [1.82, 2.24) is 9.80 Å². The van der Waals surface area contributed by atoms with Crippen molar-refractivity contribution in [3.63, 3.8) is 0 Å². The van der Waals surface area contributed by atoms with Crippen LogP contribution in [0.3, 0.4) is 0 Å². The molecule has 1 saturated heterocycles. The molecule has 1 aliphatic heterocycles. The van der Waals surface area contributed by atoms with Gasteiger partial charge in [0.15, 0.2) is 12.4 Å². The lowest BCUT2D eigenvalue weighted by Gasteiger charge is -2.34. The van der Waals surface area contributed by atoms with Gasteiger partial charge in [-0.15, -0.1) is 0 Å². The van der Waals surface area contributed by atoms with Crippen LogP contribution in [0.2, 0.25) is 0 Å². The van der Waals surface area contributed by atoms with Gasteiger partial charge in [-0.25, -0.2) is 4.79 Å². The summed E-state index contributed by atoms with van der Waals surface area (Å²) >= 11 is 1.53. The number of amides is 2. The summed E-state index contributed by atoms with van der Waals surface area (Å²) < 4.78 is 10.1. The van der Waals surface area contributed by atoms with Gasteiger partial charge in [0.25, 0.3) is 11.8 Å². The van der Waals surface area contributed by atoms with E-state index in [1.807, 2.05) is 16.8 Å². The molecule has 3 rings (SSSR count). The second-order valence-electron chi connectivity index (χ2n) is 5.65. The van der Waals surface area contributed by atoms with Crippen molar-refractivity contribution < 1.29 is 23.5 Å². The molecule has 1 aliphatic rings. The van der Waals surface area contributed by atoms with Gasteiger partial charge in [-0.2, -0.15) is 11.3 Å². The first-order valence-corrected chi connectivity index (χ1v) is 9.05. The Morgan fingerprint density at radius 3 is 2.58 bits per heavy atom. The van der Waals surface area contributed by atoms with E-state index < -0.39 is 5.97 Å². The second kappa shape index (κ2) is 8.48. The number of rotatable bonds is 5. The predicted octanol–water partition coefficient (Wildman–Crippen LogP) is 1.88. The molecule has 7 nitrogen and oxygen atoms in total. The number of hydrogen-bond donors (Lipinski definition) is 0. The van der Waals surface area contributed by atoms with Crippen LogP contribution >= 0.6 is 11.3 Å². The van der Waals surface area contributed by atoms with E-state index in [1.165, 1.54) is 23.7 Å². The maximum absolute atomic E-state index is 12.2. The average molecular weight is 374 g/mol. The average Bonchev–Trinajstić information content (AvgIpc) is 3.37. The largest absolute Gasteiger partial charge is 0.459 e. The van der Waals surface area contributed by atoms with Crippen LogP contribution in [0.15, 0.2) is 45.7 Å². The zero-order valence-corrected chi connectivity index (χ0v) is 14.8. The van der Waals surface area contributed by atoms with Gasteiger partial charge >= 0.3 is 5.97 Å². The Hall–Kier alpha value is -2.87. The maximum atomic E-state index is 12.2. The molecule has 2 amide bonds. The highest BCUT2D eigenvalue weighted by Crippen LogP contribution is 2.10. The van der Waals surface area contributed by atoms with Gasteiger partial charge in [0.2, 0.25) is 0 Å². The zero-order chi connectivity index (χ0) is 18.4.